The minimum atomic E-state index is -0.00746. The fourth-order valence-corrected chi connectivity index (χ4v) is 3.63. The summed E-state index contributed by atoms with van der Waals surface area (Å²) in [7, 11) is 0. The molecule has 0 saturated carbocycles. The van der Waals surface area contributed by atoms with E-state index >= 15 is 0 Å². The van der Waals surface area contributed by atoms with Gasteiger partial charge in [0, 0.05) is 37.3 Å². The van der Waals surface area contributed by atoms with Gasteiger partial charge >= 0.3 is 0 Å². The van der Waals surface area contributed by atoms with Crippen molar-refractivity contribution >= 4 is 11.8 Å². The number of hydrogen-bond acceptors (Lipinski definition) is 2. The fraction of sp³-hybridized carbons (Fsp3) is 0.391. The molecule has 1 unspecified atom stereocenters. The molecule has 2 aromatic rings. The first-order chi connectivity index (χ1) is 13.1. The van der Waals surface area contributed by atoms with Crippen molar-refractivity contribution in [2.75, 3.05) is 19.6 Å². The molecule has 1 saturated heterocycles. The zero-order chi connectivity index (χ0) is 19.2. The van der Waals surface area contributed by atoms with Gasteiger partial charge in [0.05, 0.1) is 0 Å². The zero-order valence-electron chi connectivity index (χ0n) is 16.2. The summed E-state index contributed by atoms with van der Waals surface area (Å²) in [5, 5.41) is 0. The SMILES string of the molecule is CCN(Cc1ccccc1)C(=O)c1ccc(C(=O)N2CCCC(C)C2)cc1. The zero-order valence-corrected chi connectivity index (χ0v) is 16.2. The maximum atomic E-state index is 12.8. The monoisotopic (exact) mass is 364 g/mol. The maximum Gasteiger partial charge on any atom is 0.254 e. The van der Waals surface area contributed by atoms with E-state index < -0.39 is 0 Å². The van der Waals surface area contributed by atoms with Gasteiger partial charge < -0.3 is 9.80 Å². The highest BCUT2D eigenvalue weighted by molar-refractivity contribution is 5.97. The Balaban J connectivity index is 1.68. The van der Waals surface area contributed by atoms with E-state index in [1.54, 1.807) is 24.3 Å². The lowest BCUT2D eigenvalue weighted by atomic mass is 9.99. The van der Waals surface area contributed by atoms with E-state index in [4.69, 9.17) is 0 Å². The highest BCUT2D eigenvalue weighted by atomic mass is 16.2. The second kappa shape index (κ2) is 8.85. The Morgan fingerprint density at radius 2 is 1.70 bits per heavy atom. The Hall–Kier alpha value is -2.62. The van der Waals surface area contributed by atoms with Crippen molar-refractivity contribution in [3.8, 4) is 0 Å². The molecule has 27 heavy (non-hydrogen) atoms. The smallest absolute Gasteiger partial charge is 0.254 e. The first kappa shape index (κ1) is 19.2. The van der Waals surface area contributed by atoms with Crippen LogP contribution in [-0.4, -0.2) is 41.2 Å². The quantitative estimate of drug-likeness (QED) is 0.797. The van der Waals surface area contributed by atoms with Crippen LogP contribution in [0.25, 0.3) is 0 Å². The van der Waals surface area contributed by atoms with Gasteiger partial charge in [0.25, 0.3) is 11.8 Å². The predicted octanol–water partition coefficient (Wildman–Crippen LogP) is 4.22. The summed E-state index contributed by atoms with van der Waals surface area (Å²) in [6.07, 6.45) is 2.25. The van der Waals surface area contributed by atoms with Gasteiger partial charge in [-0.2, -0.15) is 0 Å². The lowest BCUT2D eigenvalue weighted by Crippen LogP contribution is -2.39. The molecule has 4 nitrogen and oxygen atoms in total. The average molecular weight is 364 g/mol. The van der Waals surface area contributed by atoms with Crippen LogP contribution in [0.4, 0.5) is 0 Å². The molecule has 0 spiro atoms. The van der Waals surface area contributed by atoms with E-state index in [2.05, 4.69) is 6.92 Å². The normalized spacial score (nSPS) is 16.8. The molecule has 0 N–H and O–H groups in total. The Labute approximate surface area is 161 Å². The highest BCUT2D eigenvalue weighted by Gasteiger charge is 2.22. The van der Waals surface area contributed by atoms with Crippen molar-refractivity contribution in [1.29, 1.82) is 0 Å². The van der Waals surface area contributed by atoms with Crippen LogP contribution >= 0.6 is 0 Å². The van der Waals surface area contributed by atoms with Gasteiger partial charge in [-0.05, 0) is 55.5 Å². The molecule has 0 aliphatic carbocycles. The average Bonchev–Trinajstić information content (AvgIpc) is 2.72. The van der Waals surface area contributed by atoms with E-state index in [9.17, 15) is 9.59 Å². The Morgan fingerprint density at radius 1 is 1.04 bits per heavy atom. The summed E-state index contributed by atoms with van der Waals surface area (Å²) < 4.78 is 0. The van der Waals surface area contributed by atoms with Gasteiger partial charge in [-0.25, -0.2) is 0 Å². The number of nitrogens with zero attached hydrogens (tertiary/aromatic N) is 2. The van der Waals surface area contributed by atoms with E-state index in [1.807, 2.05) is 47.1 Å². The van der Waals surface area contributed by atoms with Crippen LogP contribution in [0.3, 0.4) is 0 Å². The molecule has 1 aliphatic heterocycles. The number of amides is 2. The van der Waals surface area contributed by atoms with Gasteiger partial charge in [0.2, 0.25) is 0 Å². The highest BCUT2D eigenvalue weighted by Crippen LogP contribution is 2.19. The van der Waals surface area contributed by atoms with Crippen molar-refractivity contribution in [3.63, 3.8) is 0 Å². The predicted molar refractivity (Wildman–Crippen MR) is 108 cm³/mol. The standard InChI is InChI=1S/C23H28N2O2/c1-3-24(17-19-9-5-4-6-10-19)22(26)20-11-13-21(14-12-20)23(27)25-15-7-8-18(2)16-25/h4-6,9-14,18H,3,7-8,15-17H2,1-2H3. The van der Waals surface area contributed by atoms with E-state index in [1.165, 1.54) is 6.42 Å². The molecule has 2 amide bonds. The Kier molecular flexibility index (Phi) is 6.28. The van der Waals surface area contributed by atoms with Crippen LogP contribution in [-0.2, 0) is 6.54 Å². The number of benzene rings is 2. The molecule has 3 rings (SSSR count). The summed E-state index contributed by atoms with van der Waals surface area (Å²) in [4.78, 5) is 29.3. The molecular formula is C23H28N2O2. The van der Waals surface area contributed by atoms with Gasteiger partial charge in [-0.3, -0.25) is 9.59 Å². The first-order valence-corrected chi connectivity index (χ1v) is 9.81. The largest absolute Gasteiger partial charge is 0.338 e. The molecule has 2 aromatic carbocycles. The topological polar surface area (TPSA) is 40.6 Å². The molecular weight excluding hydrogens is 336 g/mol. The molecule has 0 aromatic heterocycles. The number of rotatable bonds is 5. The van der Waals surface area contributed by atoms with E-state index in [0.717, 1.165) is 25.1 Å². The van der Waals surface area contributed by atoms with Crippen LogP contribution in [0.5, 0.6) is 0 Å². The third-order valence-corrected chi connectivity index (χ3v) is 5.21. The second-order valence-electron chi connectivity index (χ2n) is 7.38. The maximum absolute atomic E-state index is 12.8. The van der Waals surface area contributed by atoms with Crippen molar-refractivity contribution in [1.82, 2.24) is 9.80 Å². The number of carbonyl (C=O) groups excluding carboxylic acids is 2. The van der Waals surface area contributed by atoms with Crippen molar-refractivity contribution < 1.29 is 9.59 Å². The third kappa shape index (κ3) is 4.76. The van der Waals surface area contributed by atoms with Gasteiger partial charge in [-0.1, -0.05) is 37.3 Å². The van der Waals surface area contributed by atoms with Gasteiger partial charge in [0.1, 0.15) is 0 Å². The van der Waals surface area contributed by atoms with E-state index in [-0.39, 0.29) is 11.8 Å². The summed E-state index contributed by atoms with van der Waals surface area (Å²) in [6, 6.07) is 17.1. The second-order valence-corrected chi connectivity index (χ2v) is 7.38. The Bertz CT molecular complexity index is 771. The summed E-state index contributed by atoms with van der Waals surface area (Å²) in [6.45, 7) is 7.04. The fourth-order valence-electron chi connectivity index (χ4n) is 3.63. The molecule has 1 heterocycles. The number of piperidine rings is 1. The van der Waals surface area contributed by atoms with Crippen molar-refractivity contribution in [2.45, 2.75) is 33.2 Å². The summed E-state index contributed by atoms with van der Waals surface area (Å²) in [5.74, 6) is 0.615. The minimum Gasteiger partial charge on any atom is -0.338 e. The molecule has 1 aliphatic rings. The van der Waals surface area contributed by atoms with Crippen LogP contribution in [0.2, 0.25) is 0 Å². The van der Waals surface area contributed by atoms with Crippen molar-refractivity contribution in [3.05, 3.63) is 71.3 Å². The van der Waals surface area contributed by atoms with Gasteiger partial charge in [-0.15, -0.1) is 0 Å². The molecule has 1 atom stereocenters. The molecule has 1 fully saturated rings. The third-order valence-electron chi connectivity index (χ3n) is 5.21. The lowest BCUT2D eigenvalue weighted by Gasteiger charge is -2.31. The summed E-state index contributed by atoms with van der Waals surface area (Å²) >= 11 is 0. The first-order valence-electron chi connectivity index (χ1n) is 9.81. The van der Waals surface area contributed by atoms with Crippen LogP contribution in [0.15, 0.2) is 54.6 Å². The molecule has 142 valence electrons. The number of likely N-dealkylation sites (tertiary alicyclic amines) is 1. The number of hydrogen-bond donors (Lipinski definition) is 0. The van der Waals surface area contributed by atoms with Gasteiger partial charge in [0.15, 0.2) is 0 Å². The molecule has 0 bridgehead atoms. The Morgan fingerprint density at radius 3 is 2.33 bits per heavy atom. The minimum absolute atomic E-state index is 0.00746. The van der Waals surface area contributed by atoms with Crippen LogP contribution in [0, 0.1) is 5.92 Å². The lowest BCUT2D eigenvalue weighted by molar-refractivity contribution is 0.0681. The van der Waals surface area contributed by atoms with E-state index in [0.29, 0.717) is 30.1 Å². The summed E-state index contributed by atoms with van der Waals surface area (Å²) in [5.41, 5.74) is 2.39. The molecule has 4 heteroatoms. The van der Waals surface area contributed by atoms with Crippen molar-refractivity contribution in [2.24, 2.45) is 5.92 Å². The number of carbonyl (C=O) groups is 2. The van der Waals surface area contributed by atoms with Crippen LogP contribution < -0.4 is 0 Å². The molecule has 0 radical (unpaired) electrons. The van der Waals surface area contributed by atoms with Crippen LogP contribution in [0.1, 0.15) is 53.0 Å².